The van der Waals surface area contributed by atoms with Gasteiger partial charge in [0, 0.05) is 23.1 Å². The topological polar surface area (TPSA) is 131 Å². The number of hydrogen-bond donors (Lipinski definition) is 4. The van der Waals surface area contributed by atoms with E-state index in [0.29, 0.717) is 23.5 Å². The van der Waals surface area contributed by atoms with Crippen molar-refractivity contribution < 1.29 is 19.1 Å². The molecule has 0 unspecified atom stereocenters. The van der Waals surface area contributed by atoms with Gasteiger partial charge in [0.25, 0.3) is 0 Å². The molecule has 0 aliphatic carbocycles. The van der Waals surface area contributed by atoms with Crippen molar-refractivity contribution in [2.75, 3.05) is 24.9 Å². The monoisotopic (exact) mass is 387 g/mol. The number of imidazole rings is 1. The number of nitrogens with one attached hydrogen (secondary N) is 3. The van der Waals surface area contributed by atoms with Gasteiger partial charge >= 0.3 is 12.1 Å². The Balaban J connectivity index is 2.03. The summed E-state index contributed by atoms with van der Waals surface area (Å²) in [5.41, 5.74) is 8.89. The van der Waals surface area contributed by atoms with E-state index in [2.05, 4.69) is 25.3 Å². The molecule has 2 atom stereocenters. The first-order valence-electron chi connectivity index (χ1n) is 9.16. The molecule has 1 amide bonds. The quantitative estimate of drug-likeness (QED) is 0.583. The first kappa shape index (κ1) is 19.7. The number of methoxy groups -OCH3 is 2. The molecule has 0 saturated heterocycles. The molecule has 0 saturated carbocycles. The molecule has 28 heavy (non-hydrogen) atoms. The van der Waals surface area contributed by atoms with Crippen LogP contribution in [0.3, 0.4) is 0 Å². The zero-order chi connectivity index (χ0) is 20.1. The molecule has 2 heterocycles. The highest BCUT2D eigenvalue weighted by Gasteiger charge is 2.23. The smallest absolute Gasteiger partial charge is 0.411 e. The zero-order valence-electron chi connectivity index (χ0n) is 16.0. The zero-order valence-corrected chi connectivity index (χ0v) is 16.0. The molecule has 2 aromatic rings. The second-order valence-corrected chi connectivity index (χ2v) is 6.66. The Hall–Kier alpha value is -3.07. The second kappa shape index (κ2) is 8.75. The number of esters is 1. The number of carbonyl (C=O) groups is 2. The number of aromatic nitrogens is 2. The molecule has 2 bridgehead atoms. The van der Waals surface area contributed by atoms with E-state index >= 15 is 0 Å². The highest BCUT2D eigenvalue weighted by atomic mass is 16.5. The summed E-state index contributed by atoms with van der Waals surface area (Å²) in [6.07, 6.45) is 4.26. The van der Waals surface area contributed by atoms with Gasteiger partial charge in [-0.2, -0.15) is 0 Å². The van der Waals surface area contributed by atoms with Gasteiger partial charge in [0.15, 0.2) is 0 Å². The van der Waals surface area contributed by atoms with Crippen molar-refractivity contribution in [1.29, 1.82) is 0 Å². The third-order valence-electron chi connectivity index (χ3n) is 4.75. The standard InChI is InChI=1S/C19H25N5O4/c1-27-18(25)14-6-4-3-5-13(20)17-21-10-16(24-17)12-8-7-11(9-15(12)23-14)22-19(26)28-2/h7-10,13-14,23H,3-6,20H2,1-2H3,(H,21,24)(H,22,26)/t13-,14-/m0/s1. The Morgan fingerprint density at radius 2 is 2.00 bits per heavy atom. The molecular weight excluding hydrogens is 362 g/mol. The van der Waals surface area contributed by atoms with E-state index in [0.717, 1.165) is 30.7 Å². The molecular formula is C19H25N5O4. The van der Waals surface area contributed by atoms with Gasteiger partial charge in [0.2, 0.25) is 0 Å². The van der Waals surface area contributed by atoms with Gasteiger partial charge in [-0.1, -0.05) is 12.8 Å². The molecule has 0 radical (unpaired) electrons. The van der Waals surface area contributed by atoms with Crippen molar-refractivity contribution in [3.8, 4) is 11.3 Å². The lowest BCUT2D eigenvalue weighted by molar-refractivity contribution is -0.141. The number of nitrogens with zero attached hydrogens (tertiary/aromatic N) is 1. The number of amides is 1. The highest BCUT2D eigenvalue weighted by Crippen LogP contribution is 2.32. The minimum Gasteiger partial charge on any atom is -0.467 e. The van der Waals surface area contributed by atoms with Crippen molar-refractivity contribution in [1.82, 2.24) is 9.97 Å². The van der Waals surface area contributed by atoms with Crippen LogP contribution in [0.5, 0.6) is 0 Å². The fourth-order valence-corrected chi connectivity index (χ4v) is 3.23. The number of carbonyl (C=O) groups excluding carboxylic acids is 2. The minimum absolute atomic E-state index is 0.193. The molecule has 1 aromatic heterocycles. The Morgan fingerprint density at radius 1 is 1.21 bits per heavy atom. The van der Waals surface area contributed by atoms with E-state index in [1.54, 1.807) is 18.3 Å². The maximum Gasteiger partial charge on any atom is 0.411 e. The number of anilines is 2. The number of nitrogens with two attached hydrogens (primary N) is 1. The van der Waals surface area contributed by atoms with Crippen LogP contribution in [0.4, 0.5) is 16.2 Å². The molecule has 150 valence electrons. The summed E-state index contributed by atoms with van der Waals surface area (Å²) in [5.74, 6) is 0.379. The van der Waals surface area contributed by atoms with Crippen molar-refractivity contribution in [3.63, 3.8) is 0 Å². The SMILES string of the molecule is COC(=O)Nc1ccc2c(c1)N[C@H](C(=O)OC)CCCC[C@H](N)c1nc-2c[nH]1. The van der Waals surface area contributed by atoms with E-state index in [-0.39, 0.29) is 12.0 Å². The Kier molecular flexibility index (Phi) is 6.15. The van der Waals surface area contributed by atoms with Crippen LogP contribution in [-0.4, -0.2) is 42.3 Å². The number of fused-ring (bicyclic) bond motifs is 4. The van der Waals surface area contributed by atoms with Gasteiger partial charge in [-0.3, -0.25) is 5.32 Å². The summed E-state index contributed by atoms with van der Waals surface area (Å²) in [5, 5.41) is 5.88. The van der Waals surface area contributed by atoms with Gasteiger partial charge in [-0.15, -0.1) is 0 Å². The number of H-pyrrole nitrogens is 1. The maximum atomic E-state index is 12.3. The van der Waals surface area contributed by atoms with Gasteiger partial charge < -0.3 is 25.5 Å². The van der Waals surface area contributed by atoms with Crippen LogP contribution in [0.1, 0.15) is 37.5 Å². The van der Waals surface area contributed by atoms with Gasteiger partial charge in [-0.05, 0) is 31.0 Å². The van der Waals surface area contributed by atoms with E-state index in [1.165, 1.54) is 14.2 Å². The van der Waals surface area contributed by atoms with E-state index < -0.39 is 12.1 Å². The molecule has 1 aromatic carbocycles. The summed E-state index contributed by atoms with van der Waals surface area (Å²) < 4.78 is 9.60. The summed E-state index contributed by atoms with van der Waals surface area (Å²) in [6.45, 7) is 0. The third kappa shape index (κ3) is 4.42. The van der Waals surface area contributed by atoms with E-state index in [4.69, 9.17) is 10.5 Å². The first-order valence-corrected chi connectivity index (χ1v) is 9.16. The molecule has 9 nitrogen and oxygen atoms in total. The average molecular weight is 387 g/mol. The van der Waals surface area contributed by atoms with Gasteiger partial charge in [0.1, 0.15) is 11.9 Å². The number of rotatable bonds is 2. The Labute approximate surface area is 163 Å². The lowest BCUT2D eigenvalue weighted by Crippen LogP contribution is -2.31. The molecule has 0 fully saturated rings. The summed E-state index contributed by atoms with van der Waals surface area (Å²) in [7, 11) is 2.66. The van der Waals surface area contributed by atoms with Crippen molar-refractivity contribution in [2.24, 2.45) is 5.73 Å². The molecule has 1 aliphatic heterocycles. The van der Waals surface area contributed by atoms with Crippen molar-refractivity contribution in [2.45, 2.75) is 37.8 Å². The van der Waals surface area contributed by atoms with Crippen LogP contribution >= 0.6 is 0 Å². The molecule has 5 N–H and O–H groups in total. The average Bonchev–Trinajstić information content (AvgIpc) is 3.19. The van der Waals surface area contributed by atoms with Crippen LogP contribution in [0.2, 0.25) is 0 Å². The molecule has 0 spiro atoms. The van der Waals surface area contributed by atoms with Gasteiger partial charge in [0.05, 0.1) is 26.0 Å². The molecule has 1 aliphatic rings. The highest BCUT2D eigenvalue weighted by molar-refractivity contribution is 5.89. The number of benzene rings is 1. The van der Waals surface area contributed by atoms with Gasteiger partial charge in [-0.25, -0.2) is 14.6 Å². The minimum atomic E-state index is -0.578. The first-order chi connectivity index (χ1) is 13.5. The van der Waals surface area contributed by atoms with E-state index in [1.807, 2.05) is 6.07 Å². The fraction of sp³-hybridized carbons (Fsp3) is 0.421. The number of aromatic amines is 1. The van der Waals surface area contributed by atoms with Crippen LogP contribution < -0.4 is 16.4 Å². The second-order valence-electron chi connectivity index (χ2n) is 6.66. The summed E-state index contributed by atoms with van der Waals surface area (Å²) in [6, 6.07) is 4.58. The fourth-order valence-electron chi connectivity index (χ4n) is 3.23. The molecule has 3 rings (SSSR count). The van der Waals surface area contributed by atoms with Crippen LogP contribution in [0.25, 0.3) is 11.3 Å². The van der Waals surface area contributed by atoms with Crippen LogP contribution in [0.15, 0.2) is 24.4 Å². The largest absolute Gasteiger partial charge is 0.467 e. The third-order valence-corrected chi connectivity index (χ3v) is 4.75. The normalized spacial score (nSPS) is 19.2. The van der Waals surface area contributed by atoms with Crippen LogP contribution in [-0.2, 0) is 14.3 Å². The Morgan fingerprint density at radius 3 is 2.75 bits per heavy atom. The van der Waals surface area contributed by atoms with E-state index in [9.17, 15) is 9.59 Å². The predicted molar refractivity (Wildman–Crippen MR) is 105 cm³/mol. The molecule has 9 heteroatoms. The summed E-state index contributed by atoms with van der Waals surface area (Å²) in [4.78, 5) is 31.6. The predicted octanol–water partition coefficient (Wildman–Crippen LogP) is 2.78. The summed E-state index contributed by atoms with van der Waals surface area (Å²) >= 11 is 0. The lowest BCUT2D eigenvalue weighted by atomic mass is 10.0. The number of hydrogen-bond acceptors (Lipinski definition) is 7. The Bertz CT molecular complexity index is 851. The van der Waals surface area contributed by atoms with Crippen molar-refractivity contribution >= 4 is 23.4 Å². The number of ether oxygens (including phenoxy) is 2. The van der Waals surface area contributed by atoms with Crippen LogP contribution in [0, 0.1) is 0 Å². The lowest BCUT2D eigenvalue weighted by Gasteiger charge is -2.21. The van der Waals surface area contributed by atoms with Crippen molar-refractivity contribution in [3.05, 3.63) is 30.2 Å². The maximum absolute atomic E-state index is 12.3.